The van der Waals surface area contributed by atoms with E-state index in [4.69, 9.17) is 5.73 Å². The van der Waals surface area contributed by atoms with Crippen molar-refractivity contribution in [1.82, 2.24) is 4.98 Å². The Morgan fingerprint density at radius 2 is 1.90 bits per heavy atom. The highest BCUT2D eigenvalue weighted by Crippen LogP contribution is 2.26. The van der Waals surface area contributed by atoms with Gasteiger partial charge in [0.2, 0.25) is 0 Å². The lowest BCUT2D eigenvalue weighted by molar-refractivity contribution is -0.123. The summed E-state index contributed by atoms with van der Waals surface area (Å²) in [5.74, 6) is 0.551. The lowest BCUT2D eigenvalue weighted by Gasteiger charge is -2.25. The van der Waals surface area contributed by atoms with E-state index in [0.29, 0.717) is 18.2 Å². The summed E-state index contributed by atoms with van der Waals surface area (Å²) in [6, 6.07) is 10.3. The molecule has 1 fully saturated rings. The van der Waals surface area contributed by atoms with E-state index in [2.05, 4.69) is 4.98 Å². The number of rotatable bonds is 3. The molecule has 0 atom stereocenters. The predicted octanol–water partition coefficient (Wildman–Crippen LogP) is 2.86. The van der Waals surface area contributed by atoms with E-state index >= 15 is 0 Å². The van der Waals surface area contributed by atoms with Crippen LogP contribution in [0, 0.1) is 5.92 Å². The highest BCUT2D eigenvalue weighted by molar-refractivity contribution is 5.89. The van der Waals surface area contributed by atoms with E-state index in [1.54, 1.807) is 6.20 Å². The Labute approximate surface area is 119 Å². The van der Waals surface area contributed by atoms with Gasteiger partial charge in [-0.05, 0) is 43.4 Å². The molecule has 3 heteroatoms. The fourth-order valence-electron chi connectivity index (χ4n) is 3.08. The molecular weight excluding hydrogens is 248 g/mol. The molecule has 0 aliphatic heterocycles. The van der Waals surface area contributed by atoms with Gasteiger partial charge in [0.25, 0.3) is 0 Å². The Bertz CT molecular complexity index is 610. The van der Waals surface area contributed by atoms with Crippen molar-refractivity contribution in [2.75, 3.05) is 0 Å². The van der Waals surface area contributed by atoms with Crippen LogP contribution in [0.4, 0.5) is 0 Å². The van der Waals surface area contributed by atoms with Crippen molar-refractivity contribution in [2.45, 2.75) is 38.1 Å². The number of benzene rings is 1. The van der Waals surface area contributed by atoms with Crippen molar-refractivity contribution in [3.05, 3.63) is 42.1 Å². The van der Waals surface area contributed by atoms with E-state index in [9.17, 15) is 4.79 Å². The smallest absolute Gasteiger partial charge is 0.140 e. The molecule has 0 radical (unpaired) electrons. The molecule has 1 aliphatic rings. The molecule has 3 rings (SSSR count). The molecule has 1 aromatic heterocycles. The maximum atomic E-state index is 12.5. The summed E-state index contributed by atoms with van der Waals surface area (Å²) in [5, 5.41) is 1.09. The van der Waals surface area contributed by atoms with Gasteiger partial charge in [-0.3, -0.25) is 9.78 Å². The molecule has 2 N–H and O–H groups in total. The van der Waals surface area contributed by atoms with Crippen LogP contribution in [0.2, 0.25) is 0 Å². The van der Waals surface area contributed by atoms with Crippen molar-refractivity contribution in [1.29, 1.82) is 0 Å². The van der Waals surface area contributed by atoms with Crippen molar-refractivity contribution < 1.29 is 4.79 Å². The average molecular weight is 268 g/mol. The molecule has 104 valence electrons. The van der Waals surface area contributed by atoms with Gasteiger partial charge in [-0.25, -0.2) is 0 Å². The van der Waals surface area contributed by atoms with Gasteiger partial charge in [0.1, 0.15) is 5.78 Å². The molecule has 0 saturated heterocycles. The van der Waals surface area contributed by atoms with E-state index in [-0.39, 0.29) is 5.92 Å². The van der Waals surface area contributed by atoms with Crippen molar-refractivity contribution in [3.63, 3.8) is 0 Å². The number of ketones is 1. The number of carbonyl (C=O) groups excluding carboxylic acids is 1. The Kier molecular flexibility index (Phi) is 3.79. The fourth-order valence-corrected chi connectivity index (χ4v) is 3.08. The Hall–Kier alpha value is -1.74. The largest absolute Gasteiger partial charge is 0.328 e. The fraction of sp³-hybridized carbons (Fsp3) is 0.412. The lowest BCUT2D eigenvalue weighted by Crippen LogP contribution is -2.30. The SMILES string of the molecule is NC1CCC(C(=O)Cc2ccnc3ccccc23)CC1. The predicted molar refractivity (Wildman–Crippen MR) is 80.4 cm³/mol. The van der Waals surface area contributed by atoms with E-state index in [1.165, 1.54) is 0 Å². The van der Waals surface area contributed by atoms with Crippen LogP contribution in [0.3, 0.4) is 0 Å². The summed E-state index contributed by atoms with van der Waals surface area (Å²) in [6.45, 7) is 0. The van der Waals surface area contributed by atoms with Crippen LogP contribution in [0.1, 0.15) is 31.2 Å². The maximum Gasteiger partial charge on any atom is 0.140 e. The van der Waals surface area contributed by atoms with Gasteiger partial charge in [-0.2, -0.15) is 0 Å². The number of hydrogen-bond donors (Lipinski definition) is 1. The monoisotopic (exact) mass is 268 g/mol. The number of carbonyl (C=O) groups is 1. The minimum Gasteiger partial charge on any atom is -0.328 e. The molecule has 1 aromatic carbocycles. The number of Topliss-reactive ketones (excluding diaryl/α,β-unsaturated/α-hetero) is 1. The van der Waals surface area contributed by atoms with E-state index in [1.807, 2.05) is 30.3 Å². The second-order valence-electron chi connectivity index (χ2n) is 5.74. The van der Waals surface area contributed by atoms with Gasteiger partial charge in [-0.15, -0.1) is 0 Å². The molecule has 1 aliphatic carbocycles. The second-order valence-corrected chi connectivity index (χ2v) is 5.74. The topological polar surface area (TPSA) is 56.0 Å². The van der Waals surface area contributed by atoms with Crippen LogP contribution in [-0.2, 0) is 11.2 Å². The van der Waals surface area contributed by atoms with E-state index < -0.39 is 0 Å². The minimum absolute atomic E-state index is 0.196. The number of para-hydroxylation sites is 1. The third kappa shape index (κ3) is 2.73. The maximum absolute atomic E-state index is 12.5. The zero-order valence-corrected chi connectivity index (χ0v) is 11.6. The molecule has 1 heterocycles. The first kappa shape index (κ1) is 13.3. The van der Waals surface area contributed by atoms with Gasteiger partial charge in [0.15, 0.2) is 0 Å². The molecule has 20 heavy (non-hydrogen) atoms. The number of nitrogens with zero attached hydrogens (tertiary/aromatic N) is 1. The standard InChI is InChI=1S/C17H20N2O/c18-14-7-5-12(6-8-14)17(20)11-13-9-10-19-16-4-2-1-3-15(13)16/h1-4,9-10,12,14H,5-8,11,18H2. The lowest BCUT2D eigenvalue weighted by atomic mass is 9.82. The van der Waals surface area contributed by atoms with Gasteiger partial charge < -0.3 is 5.73 Å². The first-order valence-electron chi connectivity index (χ1n) is 7.35. The summed E-state index contributed by atoms with van der Waals surface area (Å²) < 4.78 is 0. The Morgan fingerprint density at radius 3 is 2.70 bits per heavy atom. The van der Waals surface area contributed by atoms with Crippen LogP contribution >= 0.6 is 0 Å². The summed E-state index contributed by atoms with van der Waals surface area (Å²) >= 11 is 0. The number of hydrogen-bond acceptors (Lipinski definition) is 3. The van der Waals surface area contributed by atoms with Crippen LogP contribution < -0.4 is 5.73 Å². The van der Waals surface area contributed by atoms with Gasteiger partial charge in [0, 0.05) is 30.0 Å². The first-order chi connectivity index (χ1) is 9.74. The Morgan fingerprint density at radius 1 is 1.15 bits per heavy atom. The summed E-state index contributed by atoms with van der Waals surface area (Å²) in [6.07, 6.45) is 6.16. The van der Waals surface area contributed by atoms with Gasteiger partial charge >= 0.3 is 0 Å². The van der Waals surface area contributed by atoms with Gasteiger partial charge in [-0.1, -0.05) is 18.2 Å². The third-order valence-corrected chi connectivity index (χ3v) is 4.33. The van der Waals surface area contributed by atoms with Crippen LogP contribution in [0.15, 0.2) is 36.5 Å². The number of nitrogens with two attached hydrogens (primary N) is 1. The highest BCUT2D eigenvalue weighted by Gasteiger charge is 2.24. The first-order valence-corrected chi connectivity index (χ1v) is 7.35. The molecule has 1 saturated carbocycles. The molecule has 2 aromatic rings. The molecule has 0 unspecified atom stereocenters. The summed E-state index contributed by atoms with van der Waals surface area (Å²) in [4.78, 5) is 16.8. The van der Waals surface area contributed by atoms with Gasteiger partial charge in [0.05, 0.1) is 5.52 Å². The number of fused-ring (bicyclic) bond motifs is 1. The molecule has 3 nitrogen and oxygen atoms in total. The molecule has 0 spiro atoms. The highest BCUT2D eigenvalue weighted by atomic mass is 16.1. The van der Waals surface area contributed by atoms with Crippen molar-refractivity contribution in [2.24, 2.45) is 11.7 Å². The zero-order valence-electron chi connectivity index (χ0n) is 11.6. The summed E-state index contributed by atoms with van der Waals surface area (Å²) in [7, 11) is 0. The second kappa shape index (κ2) is 5.71. The Balaban J connectivity index is 1.77. The third-order valence-electron chi connectivity index (χ3n) is 4.33. The van der Waals surface area contributed by atoms with E-state index in [0.717, 1.165) is 42.1 Å². The molecule has 0 bridgehead atoms. The average Bonchev–Trinajstić information content (AvgIpc) is 2.48. The van der Waals surface area contributed by atoms with Crippen LogP contribution in [-0.4, -0.2) is 16.8 Å². The minimum atomic E-state index is 0.196. The van der Waals surface area contributed by atoms with Crippen molar-refractivity contribution in [3.8, 4) is 0 Å². The van der Waals surface area contributed by atoms with Crippen molar-refractivity contribution >= 4 is 16.7 Å². The summed E-state index contributed by atoms with van der Waals surface area (Å²) in [5.41, 5.74) is 7.96. The number of aromatic nitrogens is 1. The quantitative estimate of drug-likeness (QED) is 0.931. The molecular formula is C17H20N2O. The molecule has 0 amide bonds. The normalized spacial score (nSPS) is 22.9. The van der Waals surface area contributed by atoms with Crippen LogP contribution in [0.5, 0.6) is 0 Å². The zero-order chi connectivity index (χ0) is 13.9. The number of pyridine rings is 1. The van der Waals surface area contributed by atoms with Crippen LogP contribution in [0.25, 0.3) is 10.9 Å².